The molecule has 0 aromatic rings. The van der Waals surface area contributed by atoms with E-state index in [0.29, 0.717) is 0 Å². The van der Waals surface area contributed by atoms with E-state index in [0.717, 1.165) is 23.6 Å². The predicted molar refractivity (Wildman–Crippen MR) is 77.6 cm³/mol. The van der Waals surface area contributed by atoms with Crippen molar-refractivity contribution in [1.82, 2.24) is 10.2 Å². The number of hydrogen-bond acceptors (Lipinski definition) is 8. The number of hydrogen-bond donors (Lipinski definition) is 3. The van der Waals surface area contributed by atoms with Crippen LogP contribution < -0.4 is 5.32 Å². The number of fused-ring (bicyclic) bond motifs is 1. The van der Waals surface area contributed by atoms with Crippen molar-refractivity contribution < 1.29 is 34.2 Å². The zero-order valence-electron chi connectivity index (χ0n) is 12.3. The van der Waals surface area contributed by atoms with Gasteiger partial charge in [0.25, 0.3) is 5.91 Å². The number of rotatable bonds is 5. The first-order valence-corrected chi connectivity index (χ1v) is 7.62. The van der Waals surface area contributed by atoms with Gasteiger partial charge in [-0.15, -0.1) is 11.8 Å². The minimum absolute atomic E-state index is 0.115. The molecule has 0 aromatic heterocycles. The van der Waals surface area contributed by atoms with Gasteiger partial charge in [-0.2, -0.15) is 0 Å². The smallest absolute Gasteiger partial charge is 0.329 e. The summed E-state index contributed by atoms with van der Waals surface area (Å²) in [4.78, 5) is 52.0. The lowest BCUT2D eigenvalue weighted by atomic mass is 9.99. The number of nitrogens with one attached hydrogen (secondary N) is 1. The fraction of sp³-hybridized carbons (Fsp3) is 0.583. The van der Waals surface area contributed by atoms with Crippen LogP contribution >= 0.6 is 11.8 Å². The molecule has 126 valence electrons. The Balaban J connectivity index is 2.11. The van der Waals surface area contributed by atoms with Gasteiger partial charge in [0.2, 0.25) is 11.6 Å². The molecule has 11 heteroatoms. The summed E-state index contributed by atoms with van der Waals surface area (Å²) in [6, 6.07) is -2.33. The van der Waals surface area contributed by atoms with Gasteiger partial charge in [-0.05, 0) is 0 Å². The third-order valence-electron chi connectivity index (χ3n) is 3.45. The van der Waals surface area contributed by atoms with Crippen LogP contribution in [0, 0.1) is 0 Å². The monoisotopic (exact) mass is 345 g/mol. The standard InChI is InChI=1S/C12H15N3O7S/c1-4(16)6(14-22-2)9(18)13-7-10(19)15-8(12(20)21)5(17)3-23-11(7)15/h5,7-8,11,17H,3H2,1-2H3,(H,13,18)(H,20,21)/t5?,7?,8?,11-/m0/s1. The van der Waals surface area contributed by atoms with Crippen LogP contribution in [0.25, 0.3) is 0 Å². The van der Waals surface area contributed by atoms with E-state index >= 15 is 0 Å². The largest absolute Gasteiger partial charge is 0.480 e. The minimum Gasteiger partial charge on any atom is -0.480 e. The number of oxime groups is 1. The summed E-state index contributed by atoms with van der Waals surface area (Å²) in [6.45, 7) is 1.12. The molecule has 3 unspecified atom stereocenters. The molecule has 0 aliphatic carbocycles. The number of aliphatic hydroxyl groups is 1. The molecule has 2 aliphatic heterocycles. The van der Waals surface area contributed by atoms with Crippen LogP contribution in [0.1, 0.15) is 6.92 Å². The Morgan fingerprint density at radius 2 is 2.09 bits per heavy atom. The van der Waals surface area contributed by atoms with Crippen molar-refractivity contribution in [3.63, 3.8) is 0 Å². The summed E-state index contributed by atoms with van der Waals surface area (Å²) in [5.41, 5.74) is -0.491. The van der Waals surface area contributed by atoms with E-state index in [9.17, 15) is 24.3 Å². The van der Waals surface area contributed by atoms with Gasteiger partial charge in [-0.1, -0.05) is 5.16 Å². The second-order valence-electron chi connectivity index (χ2n) is 4.95. The maximum atomic E-state index is 12.1. The zero-order chi connectivity index (χ0) is 17.3. The number of ketones is 1. The number of Topliss-reactive ketones (excluding diaryl/α,β-unsaturated/α-hetero) is 1. The highest BCUT2D eigenvalue weighted by molar-refractivity contribution is 8.00. The topological polar surface area (TPSA) is 146 Å². The van der Waals surface area contributed by atoms with E-state index in [1.165, 1.54) is 7.11 Å². The van der Waals surface area contributed by atoms with Gasteiger partial charge in [0, 0.05) is 12.7 Å². The molecule has 4 atom stereocenters. The molecule has 0 spiro atoms. The Morgan fingerprint density at radius 3 is 2.61 bits per heavy atom. The highest BCUT2D eigenvalue weighted by Crippen LogP contribution is 2.38. The van der Waals surface area contributed by atoms with E-state index in [4.69, 9.17) is 5.11 Å². The highest BCUT2D eigenvalue weighted by atomic mass is 32.2. The molecule has 2 fully saturated rings. The molecular weight excluding hydrogens is 330 g/mol. The molecule has 0 aromatic carbocycles. The number of nitrogens with zero attached hydrogens (tertiary/aromatic N) is 2. The van der Waals surface area contributed by atoms with Crippen molar-refractivity contribution in [3.8, 4) is 0 Å². The number of carboxylic acid groups (broad SMARTS) is 1. The van der Waals surface area contributed by atoms with Crippen LogP contribution in [0.3, 0.4) is 0 Å². The van der Waals surface area contributed by atoms with E-state index in [1.807, 2.05) is 0 Å². The highest BCUT2D eigenvalue weighted by Gasteiger charge is 2.57. The zero-order valence-corrected chi connectivity index (χ0v) is 13.1. The molecule has 0 radical (unpaired) electrons. The van der Waals surface area contributed by atoms with Crippen molar-refractivity contribution in [1.29, 1.82) is 0 Å². The Labute approximate surface area is 134 Å². The fourth-order valence-corrected chi connectivity index (χ4v) is 3.76. The number of carbonyl (C=O) groups is 4. The number of aliphatic carboxylic acids is 1. The van der Waals surface area contributed by atoms with Gasteiger partial charge >= 0.3 is 5.97 Å². The molecule has 2 rings (SSSR count). The average molecular weight is 345 g/mol. The van der Waals surface area contributed by atoms with Crippen LogP contribution in [0.15, 0.2) is 5.16 Å². The first kappa shape index (κ1) is 17.2. The van der Waals surface area contributed by atoms with Gasteiger partial charge in [-0.3, -0.25) is 14.4 Å². The molecule has 2 heterocycles. The molecule has 0 bridgehead atoms. The van der Waals surface area contributed by atoms with Gasteiger partial charge in [0.1, 0.15) is 18.5 Å². The van der Waals surface area contributed by atoms with E-state index < -0.39 is 52.8 Å². The Morgan fingerprint density at radius 1 is 1.43 bits per heavy atom. The second kappa shape index (κ2) is 6.54. The number of thioether (sulfide) groups is 1. The van der Waals surface area contributed by atoms with E-state index in [2.05, 4.69) is 15.3 Å². The van der Waals surface area contributed by atoms with Gasteiger partial charge in [-0.25, -0.2) is 4.79 Å². The van der Waals surface area contributed by atoms with Gasteiger partial charge in [0.15, 0.2) is 11.8 Å². The van der Waals surface area contributed by atoms with Crippen molar-refractivity contribution in [2.24, 2.45) is 5.16 Å². The molecule has 23 heavy (non-hydrogen) atoms. The molecule has 2 amide bonds. The summed E-state index contributed by atoms with van der Waals surface area (Å²) in [6.07, 6.45) is -1.18. The van der Waals surface area contributed by atoms with Crippen LogP contribution in [0.4, 0.5) is 0 Å². The summed E-state index contributed by atoms with van der Waals surface area (Å²) < 4.78 is 0. The van der Waals surface area contributed by atoms with Crippen LogP contribution in [-0.4, -0.2) is 80.8 Å². The summed E-state index contributed by atoms with van der Waals surface area (Å²) >= 11 is 1.15. The maximum absolute atomic E-state index is 12.1. The SMILES string of the molecule is CON=C(C(C)=O)C(=O)NC1C(=O)N2C(C(=O)O)C(O)CS[C@@H]12. The minimum atomic E-state index is -1.35. The quantitative estimate of drug-likeness (QED) is 0.220. The van der Waals surface area contributed by atoms with Crippen LogP contribution in [0.2, 0.25) is 0 Å². The van der Waals surface area contributed by atoms with Crippen molar-refractivity contribution >= 4 is 41.0 Å². The molecule has 10 nitrogen and oxygen atoms in total. The van der Waals surface area contributed by atoms with Crippen LogP contribution in [0.5, 0.6) is 0 Å². The Hall–Kier alpha value is -2.14. The van der Waals surface area contributed by atoms with Gasteiger partial charge < -0.3 is 25.3 Å². The normalized spacial score (nSPS) is 30.1. The predicted octanol–water partition coefficient (Wildman–Crippen LogP) is -2.21. The Kier molecular flexibility index (Phi) is 4.90. The van der Waals surface area contributed by atoms with E-state index in [1.54, 1.807) is 0 Å². The number of carboxylic acids is 1. The van der Waals surface area contributed by atoms with Crippen molar-refractivity contribution in [2.45, 2.75) is 30.5 Å². The summed E-state index contributed by atoms with van der Waals surface area (Å²) in [5, 5.41) is 23.9. The molecule has 0 saturated carbocycles. The molecule has 2 aliphatic rings. The third-order valence-corrected chi connectivity index (χ3v) is 4.83. The molecule has 3 N–H and O–H groups in total. The lowest BCUT2D eigenvalue weighted by Crippen LogP contribution is -2.77. The van der Waals surface area contributed by atoms with Crippen molar-refractivity contribution in [3.05, 3.63) is 0 Å². The second-order valence-corrected chi connectivity index (χ2v) is 6.10. The summed E-state index contributed by atoms with van der Waals surface area (Å²) in [7, 11) is 1.17. The number of carbonyl (C=O) groups excluding carboxylic acids is 3. The fourth-order valence-electron chi connectivity index (χ4n) is 2.42. The molecule has 2 saturated heterocycles. The van der Waals surface area contributed by atoms with Crippen molar-refractivity contribution in [2.75, 3.05) is 12.9 Å². The number of amides is 2. The lowest BCUT2D eigenvalue weighted by molar-refractivity contribution is -0.167. The average Bonchev–Trinajstić information content (AvgIpc) is 2.48. The van der Waals surface area contributed by atoms with Crippen LogP contribution in [-0.2, 0) is 24.0 Å². The first-order valence-electron chi connectivity index (χ1n) is 6.57. The maximum Gasteiger partial charge on any atom is 0.329 e. The lowest BCUT2D eigenvalue weighted by Gasteiger charge is -2.53. The third kappa shape index (κ3) is 3.01. The van der Waals surface area contributed by atoms with Gasteiger partial charge in [0.05, 0.1) is 6.10 Å². The Bertz CT molecular complexity index is 593. The molecular formula is C12H15N3O7S. The van der Waals surface area contributed by atoms with E-state index in [-0.39, 0.29) is 5.75 Å². The number of aliphatic hydroxyl groups excluding tert-OH is 1. The summed E-state index contributed by atoms with van der Waals surface area (Å²) in [5.74, 6) is -3.35. The first-order chi connectivity index (χ1) is 10.8. The number of β-lactam (4-membered cyclic amide) rings is 1.